The molecule has 0 spiro atoms. The summed E-state index contributed by atoms with van der Waals surface area (Å²) < 4.78 is 23.7. The van der Waals surface area contributed by atoms with Crippen molar-refractivity contribution in [2.75, 3.05) is 13.2 Å². The molecule has 0 aromatic rings. The highest BCUT2D eigenvalue weighted by molar-refractivity contribution is 7.54. The highest BCUT2D eigenvalue weighted by atomic mass is 31.2. The van der Waals surface area contributed by atoms with Crippen molar-refractivity contribution in [3.05, 3.63) is 0 Å². The highest BCUT2D eigenvalue weighted by Crippen LogP contribution is 2.61. The molecule has 1 N–H and O–H groups in total. The first kappa shape index (κ1) is 18.1. The molecule has 0 rings (SSSR count). The van der Waals surface area contributed by atoms with Crippen LogP contribution in [0.4, 0.5) is 0 Å². The zero-order chi connectivity index (χ0) is 14.6. The van der Waals surface area contributed by atoms with Gasteiger partial charge in [-0.1, -0.05) is 20.8 Å². The maximum atomic E-state index is 12.9. The summed E-state index contributed by atoms with van der Waals surface area (Å²) in [6, 6.07) is 0. The van der Waals surface area contributed by atoms with Crippen molar-refractivity contribution < 1.29 is 18.8 Å². The van der Waals surface area contributed by atoms with Gasteiger partial charge >= 0.3 is 7.60 Å². The second-order valence-corrected chi connectivity index (χ2v) is 8.08. The average molecular weight is 280 g/mol. The predicted molar refractivity (Wildman–Crippen MR) is 72.0 cm³/mol. The molecule has 6 heteroatoms. The van der Waals surface area contributed by atoms with Gasteiger partial charge in [0.15, 0.2) is 0 Å². The summed E-state index contributed by atoms with van der Waals surface area (Å²) in [6.45, 7) is 13.4. The van der Waals surface area contributed by atoms with Crippen LogP contribution in [0, 0.1) is 5.41 Å². The second-order valence-electron chi connectivity index (χ2n) is 5.97. The van der Waals surface area contributed by atoms with Crippen molar-refractivity contribution in [2.45, 2.75) is 59.7 Å². The number of hydrogen-bond donors (Lipinski definition) is 1. The van der Waals surface area contributed by atoms with Gasteiger partial charge in [-0.2, -0.15) is 5.48 Å². The number of hydrogen-bond acceptors (Lipinski definition) is 4. The van der Waals surface area contributed by atoms with E-state index in [2.05, 4.69) is 0 Å². The SMILES string of the molecule is CCOP(=O)(OCC)C(C(C)(C)C)C(C)(C)N[O]. The third-order valence-electron chi connectivity index (χ3n) is 2.70. The lowest BCUT2D eigenvalue weighted by atomic mass is 9.81. The monoisotopic (exact) mass is 280 g/mol. The Balaban J connectivity index is 5.60. The van der Waals surface area contributed by atoms with Gasteiger partial charge in [-0.25, -0.2) is 0 Å². The van der Waals surface area contributed by atoms with Gasteiger partial charge in [-0.3, -0.25) is 4.57 Å². The summed E-state index contributed by atoms with van der Waals surface area (Å²) in [7, 11) is -3.35. The van der Waals surface area contributed by atoms with E-state index < -0.39 is 18.8 Å². The van der Waals surface area contributed by atoms with E-state index in [9.17, 15) is 9.77 Å². The largest absolute Gasteiger partial charge is 0.336 e. The molecular formula is C12H27NO4P. The van der Waals surface area contributed by atoms with E-state index in [1.54, 1.807) is 27.7 Å². The fourth-order valence-corrected chi connectivity index (χ4v) is 5.44. The molecule has 0 aliphatic rings. The van der Waals surface area contributed by atoms with Gasteiger partial charge in [0, 0.05) is 0 Å². The minimum Gasteiger partial charge on any atom is -0.309 e. The van der Waals surface area contributed by atoms with Crippen molar-refractivity contribution >= 4 is 7.60 Å². The first-order valence-corrected chi connectivity index (χ1v) is 7.94. The van der Waals surface area contributed by atoms with E-state index in [1.165, 1.54) is 0 Å². The van der Waals surface area contributed by atoms with Crippen molar-refractivity contribution in [1.82, 2.24) is 5.48 Å². The van der Waals surface area contributed by atoms with Gasteiger partial charge in [0.1, 0.15) is 0 Å². The molecule has 1 unspecified atom stereocenters. The zero-order valence-electron chi connectivity index (χ0n) is 12.6. The Labute approximate surface area is 111 Å². The van der Waals surface area contributed by atoms with Crippen molar-refractivity contribution in [2.24, 2.45) is 5.41 Å². The van der Waals surface area contributed by atoms with E-state index in [0.717, 1.165) is 0 Å². The molecule has 0 aliphatic carbocycles. The number of rotatable bonds is 7. The first-order chi connectivity index (χ1) is 8.05. The van der Waals surface area contributed by atoms with Crippen LogP contribution in [0.25, 0.3) is 0 Å². The minimum atomic E-state index is -3.35. The molecule has 1 radical (unpaired) electrons. The fourth-order valence-electron chi connectivity index (χ4n) is 2.55. The quantitative estimate of drug-likeness (QED) is 0.573. The van der Waals surface area contributed by atoms with Crippen LogP contribution in [0.3, 0.4) is 0 Å². The molecule has 1 atom stereocenters. The smallest absolute Gasteiger partial charge is 0.309 e. The summed E-state index contributed by atoms with van der Waals surface area (Å²) in [5.74, 6) is 0. The molecule has 0 fully saturated rings. The number of hydroxylamine groups is 1. The standard InChI is InChI=1S/C12H27NO4P/c1-8-16-18(15,17-9-2)10(11(3,4)5)12(6,7)13-14/h10,13H,8-9H2,1-7H3. The predicted octanol–water partition coefficient (Wildman–Crippen LogP) is 3.38. The van der Waals surface area contributed by atoms with Crippen LogP contribution in [0.5, 0.6) is 0 Å². The van der Waals surface area contributed by atoms with E-state index in [-0.39, 0.29) is 5.41 Å². The van der Waals surface area contributed by atoms with Crippen molar-refractivity contribution in [1.29, 1.82) is 0 Å². The third-order valence-corrected chi connectivity index (χ3v) is 5.99. The Hall–Kier alpha value is 0.0700. The van der Waals surface area contributed by atoms with Gasteiger partial charge in [-0.15, -0.1) is 5.21 Å². The van der Waals surface area contributed by atoms with Crippen molar-refractivity contribution in [3.8, 4) is 0 Å². The van der Waals surface area contributed by atoms with E-state index in [0.29, 0.717) is 13.2 Å². The summed E-state index contributed by atoms with van der Waals surface area (Å²) in [4.78, 5) is 0. The van der Waals surface area contributed by atoms with Crippen LogP contribution in [0.1, 0.15) is 48.5 Å². The average Bonchev–Trinajstić information content (AvgIpc) is 2.15. The summed E-state index contributed by atoms with van der Waals surface area (Å²) >= 11 is 0. The van der Waals surface area contributed by atoms with Gasteiger partial charge in [0.2, 0.25) is 0 Å². The molecular weight excluding hydrogens is 253 g/mol. The molecule has 0 saturated carbocycles. The molecule has 5 nitrogen and oxygen atoms in total. The molecule has 0 aromatic carbocycles. The third kappa shape index (κ3) is 4.32. The van der Waals surface area contributed by atoms with Gasteiger partial charge < -0.3 is 9.05 Å². The van der Waals surface area contributed by atoms with Crippen LogP contribution in [-0.4, -0.2) is 24.4 Å². The molecule has 0 aromatic heterocycles. The molecule has 0 heterocycles. The van der Waals surface area contributed by atoms with E-state index in [4.69, 9.17) is 9.05 Å². The van der Waals surface area contributed by atoms with E-state index >= 15 is 0 Å². The molecule has 109 valence electrons. The summed E-state index contributed by atoms with van der Waals surface area (Å²) in [5, 5.41) is 11.2. The van der Waals surface area contributed by atoms with Crippen LogP contribution >= 0.6 is 7.60 Å². The summed E-state index contributed by atoms with van der Waals surface area (Å²) in [6.07, 6.45) is 0. The van der Waals surface area contributed by atoms with Gasteiger partial charge in [0.25, 0.3) is 0 Å². The Morgan fingerprint density at radius 3 is 1.67 bits per heavy atom. The molecule has 0 aliphatic heterocycles. The number of nitrogens with one attached hydrogen (secondary N) is 1. The second kappa shape index (κ2) is 6.49. The van der Waals surface area contributed by atoms with E-state index in [1.807, 2.05) is 26.3 Å². The van der Waals surface area contributed by atoms with Crippen LogP contribution in [0.15, 0.2) is 0 Å². The normalized spacial score (nSPS) is 15.8. The Morgan fingerprint density at radius 2 is 1.44 bits per heavy atom. The van der Waals surface area contributed by atoms with Crippen LogP contribution < -0.4 is 5.48 Å². The van der Waals surface area contributed by atoms with Crippen molar-refractivity contribution in [3.63, 3.8) is 0 Å². The molecule has 0 saturated heterocycles. The van der Waals surface area contributed by atoms with Crippen LogP contribution in [0.2, 0.25) is 0 Å². The maximum absolute atomic E-state index is 12.9. The highest BCUT2D eigenvalue weighted by Gasteiger charge is 2.52. The van der Waals surface area contributed by atoms with Crippen LogP contribution in [-0.2, 0) is 18.8 Å². The lowest BCUT2D eigenvalue weighted by Gasteiger charge is -2.43. The first-order valence-electron chi connectivity index (χ1n) is 6.33. The molecule has 0 amide bonds. The Morgan fingerprint density at radius 1 is 1.06 bits per heavy atom. The summed E-state index contributed by atoms with van der Waals surface area (Å²) in [5.41, 5.74) is 0.177. The van der Waals surface area contributed by atoms with Gasteiger partial charge in [0.05, 0.1) is 24.4 Å². The Kier molecular flexibility index (Phi) is 6.51. The lowest BCUT2D eigenvalue weighted by Crippen LogP contribution is -2.53. The molecule has 0 bridgehead atoms. The fraction of sp³-hybridized carbons (Fsp3) is 1.00. The maximum Gasteiger partial charge on any atom is 0.336 e. The topological polar surface area (TPSA) is 67.5 Å². The van der Waals surface area contributed by atoms with Gasteiger partial charge in [-0.05, 0) is 33.1 Å². The minimum absolute atomic E-state index is 0.290. The lowest BCUT2D eigenvalue weighted by molar-refractivity contribution is -0.0102. The zero-order valence-corrected chi connectivity index (χ0v) is 13.5. The Bertz CT molecular complexity index is 289. The molecule has 18 heavy (non-hydrogen) atoms.